The van der Waals surface area contributed by atoms with E-state index in [9.17, 15) is 18.0 Å². The van der Waals surface area contributed by atoms with E-state index < -0.39 is 28.5 Å². The summed E-state index contributed by atoms with van der Waals surface area (Å²) in [7, 11) is -4.17. The molecule has 1 N–H and O–H groups in total. The number of carbonyl (C=O) groups excluding carboxylic acids is 2. The Hall–Kier alpha value is -3.07. The summed E-state index contributed by atoms with van der Waals surface area (Å²) in [5, 5.41) is 3.87. The van der Waals surface area contributed by atoms with Gasteiger partial charge in [0.15, 0.2) is 0 Å². The Kier molecular flexibility index (Phi) is 11.6. The van der Waals surface area contributed by atoms with E-state index in [0.29, 0.717) is 28.7 Å². The number of rotatable bonds is 13. The van der Waals surface area contributed by atoms with Gasteiger partial charge in [0.25, 0.3) is 10.0 Å². The third kappa shape index (κ3) is 8.47. The van der Waals surface area contributed by atoms with Crippen LogP contribution in [0.4, 0.5) is 5.69 Å². The molecule has 3 rings (SSSR count). The fourth-order valence-electron chi connectivity index (χ4n) is 4.36. The zero-order chi connectivity index (χ0) is 30.2. The summed E-state index contributed by atoms with van der Waals surface area (Å²) in [4.78, 5) is 28.8. The highest BCUT2D eigenvalue weighted by Gasteiger charge is 2.33. The highest BCUT2D eigenvalue weighted by atomic mass is 35.5. The lowest BCUT2D eigenvalue weighted by molar-refractivity contribution is -0.140. The fraction of sp³-hybridized carbons (Fsp3) is 0.355. The van der Waals surface area contributed by atoms with Crippen molar-refractivity contribution in [3.63, 3.8) is 0 Å². The van der Waals surface area contributed by atoms with Crippen LogP contribution < -0.4 is 9.62 Å². The topological polar surface area (TPSA) is 86.8 Å². The van der Waals surface area contributed by atoms with Crippen molar-refractivity contribution in [3.8, 4) is 0 Å². The van der Waals surface area contributed by atoms with E-state index in [2.05, 4.69) is 5.32 Å². The molecule has 0 aromatic heterocycles. The summed E-state index contributed by atoms with van der Waals surface area (Å²) < 4.78 is 29.0. The molecule has 0 spiro atoms. The number of halogens is 2. The Bertz CT molecular complexity index is 1450. The van der Waals surface area contributed by atoms with E-state index in [1.165, 1.54) is 29.2 Å². The molecule has 10 heteroatoms. The lowest BCUT2D eigenvalue weighted by atomic mass is 10.1. The molecule has 7 nitrogen and oxygen atoms in total. The van der Waals surface area contributed by atoms with Crippen molar-refractivity contribution in [2.45, 2.75) is 64.4 Å². The Balaban J connectivity index is 2.05. The molecular weight excluding hydrogens is 581 g/mol. The van der Waals surface area contributed by atoms with E-state index in [1.54, 1.807) is 36.4 Å². The molecule has 0 bridgehead atoms. The predicted molar refractivity (Wildman–Crippen MR) is 166 cm³/mol. The second-order valence-electron chi connectivity index (χ2n) is 9.95. The van der Waals surface area contributed by atoms with Gasteiger partial charge in [0.1, 0.15) is 12.6 Å². The Morgan fingerprint density at radius 2 is 1.49 bits per heavy atom. The number of nitrogens with one attached hydrogen (secondary N) is 1. The number of unbranched alkanes of at least 4 members (excludes halogenated alkanes) is 1. The predicted octanol–water partition coefficient (Wildman–Crippen LogP) is 6.53. The van der Waals surface area contributed by atoms with Crippen molar-refractivity contribution in [1.82, 2.24) is 10.2 Å². The molecule has 0 heterocycles. The smallest absolute Gasteiger partial charge is 0.264 e. The summed E-state index contributed by atoms with van der Waals surface area (Å²) in [5.74, 6) is -0.783. The zero-order valence-electron chi connectivity index (χ0n) is 23.9. The number of benzene rings is 3. The molecule has 0 aliphatic heterocycles. The van der Waals surface area contributed by atoms with Gasteiger partial charge in [-0.15, -0.1) is 0 Å². The molecule has 0 saturated heterocycles. The van der Waals surface area contributed by atoms with Crippen LogP contribution in [0, 0.1) is 13.8 Å². The number of anilines is 1. The fourth-order valence-corrected chi connectivity index (χ4v) is 6.01. The van der Waals surface area contributed by atoms with Crippen molar-refractivity contribution in [2.24, 2.45) is 0 Å². The van der Waals surface area contributed by atoms with E-state index in [1.807, 2.05) is 33.8 Å². The molecule has 0 radical (unpaired) electrons. The minimum Gasteiger partial charge on any atom is -0.354 e. The van der Waals surface area contributed by atoms with Gasteiger partial charge < -0.3 is 10.2 Å². The maximum absolute atomic E-state index is 14.1. The monoisotopic (exact) mass is 617 g/mol. The summed E-state index contributed by atoms with van der Waals surface area (Å²) in [6, 6.07) is 17.3. The molecular formula is C31H37Cl2N3O4S. The second-order valence-corrected chi connectivity index (χ2v) is 12.7. The van der Waals surface area contributed by atoms with Crippen LogP contribution in [0.5, 0.6) is 0 Å². The van der Waals surface area contributed by atoms with Crippen LogP contribution in [0.3, 0.4) is 0 Å². The van der Waals surface area contributed by atoms with Gasteiger partial charge in [-0.25, -0.2) is 8.42 Å². The molecule has 0 aliphatic carbocycles. The van der Waals surface area contributed by atoms with E-state index in [4.69, 9.17) is 23.2 Å². The third-order valence-corrected chi connectivity index (χ3v) is 9.23. The Labute approximate surface area is 253 Å². The van der Waals surface area contributed by atoms with Gasteiger partial charge in [-0.3, -0.25) is 13.9 Å². The second kappa shape index (κ2) is 14.7. The molecule has 41 heavy (non-hydrogen) atoms. The van der Waals surface area contributed by atoms with Gasteiger partial charge in [-0.2, -0.15) is 0 Å². The molecule has 1 atom stereocenters. The lowest BCUT2D eigenvalue weighted by Crippen LogP contribution is -2.52. The highest BCUT2D eigenvalue weighted by Crippen LogP contribution is 2.27. The van der Waals surface area contributed by atoms with Crippen molar-refractivity contribution in [3.05, 3.63) is 93.5 Å². The maximum atomic E-state index is 14.1. The summed E-state index contributed by atoms with van der Waals surface area (Å²) in [5.41, 5.74) is 2.98. The average Bonchev–Trinajstić information content (AvgIpc) is 2.94. The van der Waals surface area contributed by atoms with Crippen molar-refractivity contribution in [2.75, 3.05) is 17.4 Å². The first-order chi connectivity index (χ1) is 19.5. The molecule has 3 aromatic rings. The highest BCUT2D eigenvalue weighted by molar-refractivity contribution is 7.92. The van der Waals surface area contributed by atoms with Crippen LogP contribution in [0.2, 0.25) is 10.0 Å². The Morgan fingerprint density at radius 1 is 0.878 bits per heavy atom. The van der Waals surface area contributed by atoms with E-state index in [-0.39, 0.29) is 17.3 Å². The summed E-state index contributed by atoms with van der Waals surface area (Å²) >= 11 is 12.1. The quantitative estimate of drug-likeness (QED) is 0.221. The molecule has 0 saturated carbocycles. The number of sulfonamides is 1. The third-order valence-electron chi connectivity index (χ3n) is 6.94. The van der Waals surface area contributed by atoms with Gasteiger partial charge in [0.2, 0.25) is 11.8 Å². The van der Waals surface area contributed by atoms with Gasteiger partial charge in [0.05, 0.1) is 10.6 Å². The average molecular weight is 619 g/mol. The summed E-state index contributed by atoms with van der Waals surface area (Å²) in [6.45, 7) is 7.78. The maximum Gasteiger partial charge on any atom is 0.264 e. The standard InChI is InChI=1S/C31H37Cl2N3O4S/c1-5-7-18-34-31(38)29(6-2)35(20-24-9-11-25(32)12-10-24)30(37)21-36(27-15-8-22(3)23(4)19-27)41(39,40)28-16-13-26(33)14-17-28/h8-17,19,29H,5-7,18,20-21H2,1-4H3,(H,34,38). The van der Waals surface area contributed by atoms with Crippen molar-refractivity contribution in [1.29, 1.82) is 0 Å². The number of aryl methyl sites for hydroxylation is 2. The van der Waals surface area contributed by atoms with Crippen LogP contribution in [-0.2, 0) is 26.2 Å². The van der Waals surface area contributed by atoms with Gasteiger partial charge in [0, 0.05) is 23.1 Å². The van der Waals surface area contributed by atoms with Crippen LogP contribution in [0.25, 0.3) is 0 Å². The molecule has 220 valence electrons. The first-order valence-corrected chi connectivity index (χ1v) is 15.8. The van der Waals surface area contributed by atoms with Crippen molar-refractivity contribution >= 4 is 50.7 Å². The SMILES string of the molecule is CCCCNC(=O)C(CC)N(Cc1ccc(Cl)cc1)C(=O)CN(c1ccc(C)c(C)c1)S(=O)(=O)c1ccc(Cl)cc1. The normalized spacial score (nSPS) is 12.0. The number of carbonyl (C=O) groups is 2. The van der Waals surface area contributed by atoms with Gasteiger partial charge in [-0.1, -0.05) is 61.7 Å². The molecule has 0 aliphatic rings. The molecule has 2 amide bonds. The van der Waals surface area contributed by atoms with Gasteiger partial charge in [-0.05, 0) is 91.9 Å². The summed E-state index contributed by atoms with van der Waals surface area (Å²) in [6.07, 6.45) is 2.08. The van der Waals surface area contributed by atoms with Crippen LogP contribution in [0.1, 0.15) is 49.8 Å². The number of hydrogen-bond donors (Lipinski definition) is 1. The molecule has 0 fully saturated rings. The minimum absolute atomic E-state index is 0.00142. The first kappa shape index (κ1) is 32.4. The largest absolute Gasteiger partial charge is 0.354 e. The van der Waals surface area contributed by atoms with Crippen molar-refractivity contribution < 1.29 is 18.0 Å². The van der Waals surface area contributed by atoms with E-state index in [0.717, 1.165) is 33.8 Å². The lowest BCUT2D eigenvalue weighted by Gasteiger charge is -2.33. The van der Waals surface area contributed by atoms with E-state index >= 15 is 0 Å². The van der Waals surface area contributed by atoms with Crippen LogP contribution in [0.15, 0.2) is 71.6 Å². The molecule has 1 unspecified atom stereocenters. The zero-order valence-corrected chi connectivity index (χ0v) is 26.2. The first-order valence-electron chi connectivity index (χ1n) is 13.6. The molecule has 3 aromatic carbocycles. The number of amides is 2. The Morgan fingerprint density at radius 3 is 2.05 bits per heavy atom. The minimum atomic E-state index is -4.17. The van der Waals surface area contributed by atoms with Gasteiger partial charge >= 0.3 is 0 Å². The number of hydrogen-bond acceptors (Lipinski definition) is 4. The number of nitrogens with zero attached hydrogens (tertiary/aromatic N) is 2. The van der Waals surface area contributed by atoms with Crippen LogP contribution in [-0.4, -0.2) is 44.3 Å². The van der Waals surface area contributed by atoms with Crippen LogP contribution >= 0.6 is 23.2 Å².